The third-order valence-corrected chi connectivity index (χ3v) is 3.53. The summed E-state index contributed by atoms with van der Waals surface area (Å²) in [5, 5.41) is 0. The van der Waals surface area contributed by atoms with E-state index in [0.29, 0.717) is 18.1 Å². The van der Waals surface area contributed by atoms with Gasteiger partial charge in [-0.2, -0.15) is 0 Å². The fourth-order valence-corrected chi connectivity index (χ4v) is 2.51. The third-order valence-electron chi connectivity index (χ3n) is 3.53. The highest BCUT2D eigenvalue weighted by Crippen LogP contribution is 2.28. The Balaban J connectivity index is 1.65. The maximum absolute atomic E-state index is 12.3. The van der Waals surface area contributed by atoms with E-state index >= 15 is 0 Å². The molecule has 2 aromatic rings. The molecule has 5 nitrogen and oxygen atoms in total. The van der Waals surface area contributed by atoms with Crippen LogP contribution in [0, 0.1) is 0 Å². The van der Waals surface area contributed by atoms with Crippen molar-refractivity contribution >= 4 is 11.7 Å². The highest BCUT2D eigenvalue weighted by Gasteiger charge is 2.25. The quantitative estimate of drug-likeness (QED) is 0.931. The molecule has 2 heterocycles. The van der Waals surface area contributed by atoms with Gasteiger partial charge in [0.25, 0.3) is 5.91 Å². The van der Waals surface area contributed by atoms with Gasteiger partial charge in [0.2, 0.25) is 0 Å². The van der Waals surface area contributed by atoms with Crippen molar-refractivity contribution in [3.05, 3.63) is 53.7 Å². The second-order valence-corrected chi connectivity index (χ2v) is 5.19. The second kappa shape index (κ2) is 5.44. The lowest BCUT2D eigenvalue weighted by atomic mass is 10.1. The van der Waals surface area contributed by atoms with Gasteiger partial charge in [0.15, 0.2) is 0 Å². The number of aromatic nitrogens is 1. The number of nitrogens with two attached hydrogens (primary N) is 1. The topological polar surface area (TPSA) is 68.5 Å². The molecule has 108 valence electrons. The first kappa shape index (κ1) is 13.4. The molecular weight excluding hydrogens is 266 g/mol. The van der Waals surface area contributed by atoms with Gasteiger partial charge in [-0.05, 0) is 23.8 Å². The molecule has 0 radical (unpaired) electrons. The van der Waals surface area contributed by atoms with Gasteiger partial charge in [-0.1, -0.05) is 24.3 Å². The summed E-state index contributed by atoms with van der Waals surface area (Å²) in [5.74, 6) is 1.10. The zero-order valence-electron chi connectivity index (χ0n) is 11.8. The molecule has 0 aliphatic carbocycles. The van der Waals surface area contributed by atoms with Crippen LogP contribution < -0.4 is 10.5 Å². The van der Waals surface area contributed by atoms with Crippen molar-refractivity contribution in [1.82, 2.24) is 9.88 Å². The minimum absolute atomic E-state index is 0.0163. The summed E-state index contributed by atoms with van der Waals surface area (Å²) < 4.78 is 5.85. The van der Waals surface area contributed by atoms with Gasteiger partial charge in [0.05, 0.1) is 6.54 Å². The van der Waals surface area contributed by atoms with Crippen LogP contribution in [-0.2, 0) is 6.42 Å². The van der Waals surface area contributed by atoms with Gasteiger partial charge in [0.1, 0.15) is 23.4 Å². The Labute approximate surface area is 123 Å². The van der Waals surface area contributed by atoms with Gasteiger partial charge in [-0.25, -0.2) is 4.98 Å². The van der Waals surface area contributed by atoms with E-state index in [1.165, 1.54) is 5.56 Å². The van der Waals surface area contributed by atoms with Crippen LogP contribution in [0.15, 0.2) is 42.5 Å². The monoisotopic (exact) mass is 283 g/mol. The molecule has 21 heavy (non-hydrogen) atoms. The number of carbonyl (C=O) groups is 1. The Hall–Kier alpha value is -2.56. The molecule has 3 rings (SSSR count). The minimum atomic E-state index is -0.151. The summed E-state index contributed by atoms with van der Waals surface area (Å²) in [7, 11) is 1.75. The van der Waals surface area contributed by atoms with Gasteiger partial charge in [0, 0.05) is 13.5 Å². The number of ether oxygens (including phenoxy) is 1. The fraction of sp³-hybridized carbons (Fsp3) is 0.250. The molecule has 1 aromatic carbocycles. The predicted octanol–water partition coefficient (Wildman–Crippen LogP) is 1.74. The summed E-state index contributed by atoms with van der Waals surface area (Å²) >= 11 is 0. The van der Waals surface area contributed by atoms with Crippen molar-refractivity contribution in [2.45, 2.75) is 12.5 Å². The van der Waals surface area contributed by atoms with E-state index in [9.17, 15) is 4.79 Å². The number of hydrogen-bond donors (Lipinski definition) is 1. The van der Waals surface area contributed by atoms with Crippen LogP contribution in [0.2, 0.25) is 0 Å². The van der Waals surface area contributed by atoms with Crippen LogP contribution in [0.3, 0.4) is 0 Å². The van der Waals surface area contributed by atoms with Crippen molar-refractivity contribution in [2.24, 2.45) is 0 Å². The number of nitrogens with zero attached hydrogens (tertiary/aromatic N) is 2. The van der Waals surface area contributed by atoms with Crippen molar-refractivity contribution in [1.29, 1.82) is 0 Å². The van der Waals surface area contributed by atoms with Gasteiger partial charge in [-0.15, -0.1) is 0 Å². The lowest BCUT2D eigenvalue weighted by Gasteiger charge is -2.20. The lowest BCUT2D eigenvalue weighted by Crippen LogP contribution is -2.36. The van der Waals surface area contributed by atoms with Crippen molar-refractivity contribution in [3.8, 4) is 5.75 Å². The number of hydrogen-bond acceptors (Lipinski definition) is 4. The summed E-state index contributed by atoms with van der Waals surface area (Å²) in [6, 6.07) is 13.0. The molecule has 0 fully saturated rings. The number of likely N-dealkylation sites (N-methyl/N-ethyl adjacent to an activating group) is 1. The van der Waals surface area contributed by atoms with Gasteiger partial charge in [-0.3, -0.25) is 4.79 Å². The molecule has 0 saturated heterocycles. The predicted molar refractivity (Wildman–Crippen MR) is 80.2 cm³/mol. The fourth-order valence-electron chi connectivity index (χ4n) is 2.51. The Morgan fingerprint density at radius 1 is 1.33 bits per heavy atom. The van der Waals surface area contributed by atoms with E-state index in [2.05, 4.69) is 11.1 Å². The van der Waals surface area contributed by atoms with E-state index in [-0.39, 0.29) is 12.0 Å². The standard InChI is InChI=1S/C16H17N3O2/c1-19(16(20)13-6-4-8-15(17)18-13)10-12-9-11-5-2-3-7-14(11)21-12/h2-8,12H,9-10H2,1H3,(H2,17,18). The number of fused-ring (bicyclic) bond motifs is 1. The van der Waals surface area contributed by atoms with E-state index in [4.69, 9.17) is 10.5 Å². The number of pyridine rings is 1. The summed E-state index contributed by atoms with van der Waals surface area (Å²) in [5.41, 5.74) is 7.15. The number of anilines is 1. The molecule has 0 bridgehead atoms. The Kier molecular flexibility index (Phi) is 3.48. The first-order valence-corrected chi connectivity index (χ1v) is 6.86. The second-order valence-electron chi connectivity index (χ2n) is 5.19. The first-order chi connectivity index (χ1) is 10.1. The Morgan fingerprint density at radius 2 is 2.14 bits per heavy atom. The van der Waals surface area contributed by atoms with Crippen LogP contribution in [0.25, 0.3) is 0 Å². The summed E-state index contributed by atoms with van der Waals surface area (Å²) in [4.78, 5) is 18.0. The average Bonchev–Trinajstić information content (AvgIpc) is 2.88. The van der Waals surface area contributed by atoms with E-state index in [1.807, 2.05) is 18.2 Å². The number of benzene rings is 1. The molecule has 2 N–H and O–H groups in total. The van der Waals surface area contributed by atoms with E-state index in [1.54, 1.807) is 30.1 Å². The van der Waals surface area contributed by atoms with E-state index < -0.39 is 0 Å². The normalized spacial score (nSPS) is 16.1. The Morgan fingerprint density at radius 3 is 2.90 bits per heavy atom. The molecule has 1 aliphatic heterocycles. The van der Waals surface area contributed by atoms with Gasteiger partial charge >= 0.3 is 0 Å². The molecule has 1 amide bonds. The number of para-hydroxylation sites is 1. The van der Waals surface area contributed by atoms with Crippen molar-refractivity contribution < 1.29 is 9.53 Å². The lowest BCUT2D eigenvalue weighted by molar-refractivity contribution is 0.0725. The zero-order chi connectivity index (χ0) is 14.8. The number of rotatable bonds is 3. The van der Waals surface area contributed by atoms with Crippen LogP contribution in [-0.4, -0.2) is 35.5 Å². The number of carbonyl (C=O) groups excluding carboxylic acids is 1. The largest absolute Gasteiger partial charge is 0.488 e. The third kappa shape index (κ3) is 2.81. The molecule has 1 atom stereocenters. The average molecular weight is 283 g/mol. The number of nitrogen functional groups attached to an aromatic ring is 1. The maximum atomic E-state index is 12.3. The summed E-state index contributed by atoms with van der Waals surface area (Å²) in [6.07, 6.45) is 0.801. The molecule has 1 aliphatic rings. The van der Waals surface area contributed by atoms with Crippen LogP contribution in [0.5, 0.6) is 5.75 Å². The highest BCUT2D eigenvalue weighted by molar-refractivity contribution is 5.92. The number of amides is 1. The highest BCUT2D eigenvalue weighted by atomic mass is 16.5. The molecule has 0 saturated carbocycles. The molecule has 0 spiro atoms. The van der Waals surface area contributed by atoms with Crippen LogP contribution in [0.4, 0.5) is 5.82 Å². The van der Waals surface area contributed by atoms with Crippen molar-refractivity contribution in [2.75, 3.05) is 19.3 Å². The minimum Gasteiger partial charge on any atom is -0.488 e. The first-order valence-electron chi connectivity index (χ1n) is 6.86. The molecule has 1 aromatic heterocycles. The Bertz CT molecular complexity index is 647. The molecule has 1 unspecified atom stereocenters. The molecular formula is C16H17N3O2. The van der Waals surface area contributed by atoms with E-state index in [0.717, 1.165) is 12.2 Å². The van der Waals surface area contributed by atoms with Crippen molar-refractivity contribution in [3.63, 3.8) is 0 Å². The molecule has 5 heteroatoms. The van der Waals surface area contributed by atoms with Crippen LogP contribution >= 0.6 is 0 Å². The van der Waals surface area contributed by atoms with Crippen LogP contribution in [0.1, 0.15) is 16.1 Å². The maximum Gasteiger partial charge on any atom is 0.272 e. The SMILES string of the molecule is CN(CC1Cc2ccccc2O1)C(=O)c1cccc(N)n1. The summed E-state index contributed by atoms with van der Waals surface area (Å²) in [6.45, 7) is 0.518. The van der Waals surface area contributed by atoms with Gasteiger partial charge < -0.3 is 15.4 Å². The zero-order valence-corrected chi connectivity index (χ0v) is 11.8. The smallest absolute Gasteiger partial charge is 0.272 e.